The molecule has 0 aromatic carbocycles. The molecule has 0 fully saturated rings. The summed E-state index contributed by atoms with van der Waals surface area (Å²) in [5, 5.41) is 10.5. The van der Waals surface area contributed by atoms with Crippen molar-refractivity contribution in [2.24, 2.45) is 0 Å². The summed E-state index contributed by atoms with van der Waals surface area (Å²) in [6, 6.07) is 9.22. The van der Waals surface area contributed by atoms with Crippen molar-refractivity contribution in [2.75, 3.05) is 0 Å². The zero-order valence-corrected chi connectivity index (χ0v) is 9.41. The Bertz CT molecular complexity index is 639. The second-order valence-electron chi connectivity index (χ2n) is 3.77. The molecule has 0 aliphatic rings. The van der Waals surface area contributed by atoms with Crippen LogP contribution in [0.5, 0.6) is 0 Å². The molecule has 3 rings (SSSR count). The van der Waals surface area contributed by atoms with E-state index in [-0.39, 0.29) is 11.7 Å². The van der Waals surface area contributed by atoms with Crippen LogP contribution in [0.3, 0.4) is 0 Å². The molecule has 0 saturated carbocycles. The molecule has 0 atom stereocenters. The lowest BCUT2D eigenvalue weighted by Gasteiger charge is -1.98. The van der Waals surface area contributed by atoms with Gasteiger partial charge in [0.05, 0.1) is 24.0 Å². The fourth-order valence-electron chi connectivity index (χ4n) is 1.67. The van der Waals surface area contributed by atoms with Crippen molar-refractivity contribution in [3.05, 3.63) is 54.2 Å². The maximum Gasteiger partial charge on any atom is 0.290 e. The Morgan fingerprint density at radius 3 is 3.11 bits per heavy atom. The second-order valence-corrected chi connectivity index (χ2v) is 3.77. The molecule has 3 aromatic heterocycles. The number of hydrogen-bond donors (Lipinski definition) is 1. The van der Waals surface area contributed by atoms with Crippen molar-refractivity contribution in [3.8, 4) is 0 Å². The van der Waals surface area contributed by atoms with Gasteiger partial charge < -0.3 is 9.84 Å². The van der Waals surface area contributed by atoms with Gasteiger partial charge in [0, 0.05) is 12.3 Å². The molecule has 0 radical (unpaired) electrons. The fraction of sp³-hybridized carbons (Fsp3) is 0.0833. The highest BCUT2D eigenvalue weighted by molar-refractivity contribution is 5.91. The molecule has 6 heteroatoms. The zero-order chi connectivity index (χ0) is 12.4. The number of pyridine rings is 1. The number of nitrogens with one attached hydrogen (secondary N) is 1. The SMILES string of the molecule is O=C(NCc1cc2ccccn2n1)c1ccno1. The largest absolute Gasteiger partial charge is 0.351 e. The summed E-state index contributed by atoms with van der Waals surface area (Å²) >= 11 is 0. The second kappa shape index (κ2) is 4.33. The van der Waals surface area contributed by atoms with Gasteiger partial charge in [0.15, 0.2) is 0 Å². The van der Waals surface area contributed by atoms with Crippen molar-refractivity contribution in [1.82, 2.24) is 20.1 Å². The van der Waals surface area contributed by atoms with Gasteiger partial charge in [-0.2, -0.15) is 5.10 Å². The highest BCUT2D eigenvalue weighted by atomic mass is 16.5. The molecule has 0 bridgehead atoms. The van der Waals surface area contributed by atoms with Gasteiger partial charge in [0.2, 0.25) is 5.76 Å². The summed E-state index contributed by atoms with van der Waals surface area (Å²) in [5.74, 6) is -0.108. The van der Waals surface area contributed by atoms with Crippen LogP contribution in [0.4, 0.5) is 0 Å². The Morgan fingerprint density at radius 2 is 2.33 bits per heavy atom. The predicted molar refractivity (Wildman–Crippen MR) is 62.9 cm³/mol. The Balaban J connectivity index is 1.71. The normalized spacial score (nSPS) is 10.7. The molecular weight excluding hydrogens is 232 g/mol. The summed E-state index contributed by atoms with van der Waals surface area (Å²) in [7, 11) is 0. The number of fused-ring (bicyclic) bond motifs is 1. The topological polar surface area (TPSA) is 72.4 Å². The van der Waals surface area contributed by atoms with Crippen LogP contribution in [-0.4, -0.2) is 20.7 Å². The standard InChI is InChI=1S/C12H10N4O2/c17-12(11-4-5-14-18-11)13-8-9-7-10-3-1-2-6-16(10)15-9/h1-7H,8H2,(H,13,17). The van der Waals surface area contributed by atoms with Gasteiger partial charge in [-0.3, -0.25) is 4.79 Å². The highest BCUT2D eigenvalue weighted by Crippen LogP contribution is 2.05. The Kier molecular flexibility index (Phi) is 2.53. The summed E-state index contributed by atoms with van der Waals surface area (Å²) in [6.07, 6.45) is 3.29. The van der Waals surface area contributed by atoms with E-state index in [1.807, 2.05) is 30.5 Å². The van der Waals surface area contributed by atoms with Crippen LogP contribution in [-0.2, 0) is 6.54 Å². The van der Waals surface area contributed by atoms with E-state index in [1.165, 1.54) is 12.3 Å². The van der Waals surface area contributed by atoms with Gasteiger partial charge in [-0.25, -0.2) is 4.52 Å². The third-order valence-corrected chi connectivity index (χ3v) is 2.51. The van der Waals surface area contributed by atoms with E-state index in [0.29, 0.717) is 6.54 Å². The molecule has 18 heavy (non-hydrogen) atoms. The van der Waals surface area contributed by atoms with Gasteiger partial charge in [0.1, 0.15) is 0 Å². The molecule has 1 amide bonds. The minimum absolute atomic E-state index is 0.193. The Hall–Kier alpha value is -2.63. The van der Waals surface area contributed by atoms with E-state index >= 15 is 0 Å². The lowest BCUT2D eigenvalue weighted by Crippen LogP contribution is -2.22. The number of nitrogens with zero attached hydrogens (tertiary/aromatic N) is 3. The van der Waals surface area contributed by atoms with E-state index in [2.05, 4.69) is 15.6 Å². The minimum Gasteiger partial charge on any atom is -0.351 e. The van der Waals surface area contributed by atoms with Gasteiger partial charge in [-0.15, -0.1) is 0 Å². The van der Waals surface area contributed by atoms with Crippen molar-refractivity contribution in [3.63, 3.8) is 0 Å². The van der Waals surface area contributed by atoms with Crippen LogP contribution in [0.2, 0.25) is 0 Å². The number of rotatable bonds is 3. The monoisotopic (exact) mass is 242 g/mol. The van der Waals surface area contributed by atoms with Crippen molar-refractivity contribution >= 4 is 11.4 Å². The predicted octanol–water partition coefficient (Wildman–Crippen LogP) is 1.25. The van der Waals surface area contributed by atoms with E-state index in [1.54, 1.807) is 4.52 Å². The van der Waals surface area contributed by atoms with Crippen LogP contribution in [0.15, 0.2) is 47.2 Å². The molecule has 0 saturated heterocycles. The quantitative estimate of drug-likeness (QED) is 0.750. The first-order chi connectivity index (χ1) is 8.83. The Labute approximate surface area is 102 Å². The Morgan fingerprint density at radius 1 is 1.39 bits per heavy atom. The molecular formula is C12H10N4O2. The number of carbonyl (C=O) groups is 1. The molecule has 1 N–H and O–H groups in total. The molecule has 0 spiro atoms. The number of hydrogen-bond acceptors (Lipinski definition) is 4. The summed E-state index contributed by atoms with van der Waals surface area (Å²) < 4.78 is 6.51. The maximum atomic E-state index is 11.6. The van der Waals surface area contributed by atoms with E-state index < -0.39 is 0 Å². The van der Waals surface area contributed by atoms with Crippen molar-refractivity contribution in [1.29, 1.82) is 0 Å². The van der Waals surface area contributed by atoms with Crippen LogP contribution in [0.1, 0.15) is 16.2 Å². The van der Waals surface area contributed by atoms with Gasteiger partial charge in [-0.1, -0.05) is 11.2 Å². The van der Waals surface area contributed by atoms with E-state index in [0.717, 1.165) is 11.2 Å². The summed E-state index contributed by atoms with van der Waals surface area (Å²) in [5.41, 5.74) is 1.77. The lowest BCUT2D eigenvalue weighted by molar-refractivity contribution is 0.0913. The number of amides is 1. The third kappa shape index (κ3) is 1.95. The zero-order valence-electron chi connectivity index (χ0n) is 9.41. The van der Waals surface area contributed by atoms with E-state index in [4.69, 9.17) is 4.52 Å². The number of aromatic nitrogens is 3. The minimum atomic E-state index is -0.301. The fourth-order valence-corrected chi connectivity index (χ4v) is 1.67. The van der Waals surface area contributed by atoms with Crippen molar-refractivity contribution in [2.45, 2.75) is 6.54 Å². The first-order valence-electron chi connectivity index (χ1n) is 5.45. The average Bonchev–Trinajstić information content (AvgIpc) is 3.04. The molecule has 3 heterocycles. The highest BCUT2D eigenvalue weighted by Gasteiger charge is 2.09. The summed E-state index contributed by atoms with van der Waals surface area (Å²) in [4.78, 5) is 11.6. The molecule has 3 aromatic rings. The van der Waals surface area contributed by atoms with Gasteiger partial charge >= 0.3 is 0 Å². The van der Waals surface area contributed by atoms with Crippen LogP contribution in [0.25, 0.3) is 5.52 Å². The van der Waals surface area contributed by atoms with E-state index in [9.17, 15) is 4.79 Å². The molecule has 0 unspecified atom stereocenters. The van der Waals surface area contributed by atoms with Gasteiger partial charge in [0.25, 0.3) is 5.91 Å². The van der Waals surface area contributed by atoms with Crippen LogP contribution < -0.4 is 5.32 Å². The number of carbonyl (C=O) groups excluding carboxylic acids is 1. The summed E-state index contributed by atoms with van der Waals surface area (Å²) in [6.45, 7) is 0.348. The van der Waals surface area contributed by atoms with Crippen LogP contribution >= 0.6 is 0 Å². The average molecular weight is 242 g/mol. The smallest absolute Gasteiger partial charge is 0.290 e. The molecule has 90 valence electrons. The van der Waals surface area contributed by atoms with Gasteiger partial charge in [-0.05, 0) is 18.2 Å². The first kappa shape index (κ1) is 10.5. The maximum absolute atomic E-state index is 11.6. The molecule has 0 aliphatic carbocycles. The lowest BCUT2D eigenvalue weighted by atomic mass is 10.3. The third-order valence-electron chi connectivity index (χ3n) is 2.51. The molecule has 0 aliphatic heterocycles. The van der Waals surface area contributed by atoms with Crippen LogP contribution in [0, 0.1) is 0 Å². The van der Waals surface area contributed by atoms with Crippen molar-refractivity contribution < 1.29 is 9.32 Å². The molecule has 6 nitrogen and oxygen atoms in total. The first-order valence-corrected chi connectivity index (χ1v) is 5.45.